The van der Waals surface area contributed by atoms with E-state index in [4.69, 9.17) is 14.2 Å². The number of cyclic esters (lactones) is 1. The average Bonchev–Trinajstić information content (AvgIpc) is 2.45. The zero-order valence-corrected chi connectivity index (χ0v) is 9.39. The maximum atomic E-state index is 11.3. The molecule has 3 atom stereocenters. The molecule has 1 aliphatic rings. The van der Waals surface area contributed by atoms with Gasteiger partial charge in [-0.3, -0.25) is 9.59 Å². The fourth-order valence-electron chi connectivity index (χ4n) is 1.50. The Morgan fingerprint density at radius 1 is 1.38 bits per heavy atom. The van der Waals surface area contributed by atoms with Crippen LogP contribution in [0.5, 0.6) is 0 Å². The van der Waals surface area contributed by atoms with Crippen molar-refractivity contribution in [2.45, 2.75) is 45.5 Å². The number of esters is 3. The first-order valence-electron chi connectivity index (χ1n) is 4.95. The van der Waals surface area contributed by atoms with Gasteiger partial charge in [0.05, 0.1) is 0 Å². The van der Waals surface area contributed by atoms with Gasteiger partial charge in [0.1, 0.15) is 12.2 Å². The molecule has 16 heavy (non-hydrogen) atoms. The van der Waals surface area contributed by atoms with Crippen LogP contribution < -0.4 is 0 Å². The van der Waals surface area contributed by atoms with E-state index in [2.05, 4.69) is 0 Å². The number of carbonyl (C=O) groups is 3. The highest BCUT2D eigenvalue weighted by Crippen LogP contribution is 2.22. The van der Waals surface area contributed by atoms with Crippen LogP contribution in [0.25, 0.3) is 0 Å². The number of ether oxygens (including phenoxy) is 3. The fourth-order valence-corrected chi connectivity index (χ4v) is 1.50. The SMILES string of the molecule is CC(=O)O[C@H]1C[C@@H]([C@H](C)OC(C)=O)OC1=O. The molecule has 0 bridgehead atoms. The average molecular weight is 230 g/mol. The summed E-state index contributed by atoms with van der Waals surface area (Å²) in [6.07, 6.45) is -1.77. The van der Waals surface area contributed by atoms with Crippen LogP contribution in [0, 0.1) is 0 Å². The summed E-state index contributed by atoms with van der Waals surface area (Å²) in [5.74, 6) is -1.58. The van der Waals surface area contributed by atoms with Gasteiger partial charge in [0.15, 0.2) is 0 Å². The van der Waals surface area contributed by atoms with E-state index in [1.54, 1.807) is 6.92 Å². The first-order chi connectivity index (χ1) is 7.40. The second-order valence-corrected chi connectivity index (χ2v) is 3.62. The smallest absolute Gasteiger partial charge is 0.348 e. The van der Waals surface area contributed by atoms with Crippen molar-refractivity contribution in [2.24, 2.45) is 0 Å². The Bertz CT molecular complexity index is 310. The molecule has 1 saturated heterocycles. The third-order valence-corrected chi connectivity index (χ3v) is 2.16. The molecule has 0 spiro atoms. The number of hydrogen-bond acceptors (Lipinski definition) is 6. The highest BCUT2D eigenvalue weighted by molar-refractivity contribution is 5.80. The molecular weight excluding hydrogens is 216 g/mol. The van der Waals surface area contributed by atoms with Crippen molar-refractivity contribution in [3.63, 3.8) is 0 Å². The Morgan fingerprint density at radius 3 is 2.50 bits per heavy atom. The highest BCUT2D eigenvalue weighted by Gasteiger charge is 2.40. The summed E-state index contributed by atoms with van der Waals surface area (Å²) < 4.78 is 14.6. The van der Waals surface area contributed by atoms with Gasteiger partial charge in [0.2, 0.25) is 6.10 Å². The lowest BCUT2D eigenvalue weighted by Crippen LogP contribution is -2.27. The Hall–Kier alpha value is -1.59. The number of carbonyl (C=O) groups excluding carboxylic acids is 3. The summed E-state index contributed by atoms with van der Waals surface area (Å²) >= 11 is 0. The van der Waals surface area contributed by atoms with E-state index in [9.17, 15) is 14.4 Å². The lowest BCUT2D eigenvalue weighted by atomic mass is 10.1. The quantitative estimate of drug-likeness (QED) is 0.508. The van der Waals surface area contributed by atoms with Gasteiger partial charge in [0, 0.05) is 20.3 Å². The molecule has 0 saturated carbocycles. The molecule has 0 amide bonds. The molecule has 6 nitrogen and oxygen atoms in total. The van der Waals surface area contributed by atoms with Gasteiger partial charge in [-0.25, -0.2) is 4.79 Å². The first kappa shape index (κ1) is 12.5. The standard InChI is InChI=1S/C10H14O6/c1-5(14-6(2)11)8-4-9(10(13)16-8)15-7(3)12/h5,8-9H,4H2,1-3H3/t5-,8-,9-/m0/s1. The van der Waals surface area contributed by atoms with Crippen LogP contribution >= 0.6 is 0 Å². The van der Waals surface area contributed by atoms with E-state index in [0.717, 1.165) is 0 Å². The zero-order valence-electron chi connectivity index (χ0n) is 9.39. The zero-order chi connectivity index (χ0) is 12.3. The molecule has 0 radical (unpaired) electrons. The van der Waals surface area contributed by atoms with E-state index in [1.807, 2.05) is 0 Å². The van der Waals surface area contributed by atoms with Crippen LogP contribution in [0.15, 0.2) is 0 Å². The second kappa shape index (κ2) is 4.96. The molecule has 0 unspecified atom stereocenters. The monoisotopic (exact) mass is 230 g/mol. The maximum absolute atomic E-state index is 11.3. The summed E-state index contributed by atoms with van der Waals surface area (Å²) in [4.78, 5) is 32.7. The van der Waals surface area contributed by atoms with E-state index >= 15 is 0 Å². The predicted molar refractivity (Wildman–Crippen MR) is 51.3 cm³/mol. The van der Waals surface area contributed by atoms with Crippen LogP contribution in [0.3, 0.4) is 0 Å². The van der Waals surface area contributed by atoms with Crippen molar-refractivity contribution in [1.29, 1.82) is 0 Å². The van der Waals surface area contributed by atoms with Crippen LogP contribution in [-0.4, -0.2) is 36.2 Å². The Kier molecular flexibility index (Phi) is 3.87. The lowest BCUT2D eigenvalue weighted by Gasteiger charge is -2.17. The van der Waals surface area contributed by atoms with Gasteiger partial charge in [-0.15, -0.1) is 0 Å². The fraction of sp³-hybridized carbons (Fsp3) is 0.700. The van der Waals surface area contributed by atoms with E-state index < -0.39 is 36.2 Å². The molecular formula is C10H14O6. The highest BCUT2D eigenvalue weighted by atomic mass is 16.6. The summed E-state index contributed by atoms with van der Waals surface area (Å²) in [6, 6.07) is 0. The molecule has 1 fully saturated rings. The van der Waals surface area contributed by atoms with Gasteiger partial charge >= 0.3 is 17.9 Å². The minimum atomic E-state index is -0.888. The minimum absolute atomic E-state index is 0.215. The van der Waals surface area contributed by atoms with Crippen LogP contribution in [0.2, 0.25) is 0 Å². The Balaban J connectivity index is 2.52. The summed E-state index contributed by atoms with van der Waals surface area (Å²) in [5, 5.41) is 0. The van der Waals surface area contributed by atoms with Crippen LogP contribution in [0.1, 0.15) is 27.2 Å². The lowest BCUT2D eigenvalue weighted by molar-refractivity contribution is -0.163. The van der Waals surface area contributed by atoms with Crippen molar-refractivity contribution in [3.8, 4) is 0 Å². The molecule has 1 heterocycles. The predicted octanol–water partition coefficient (Wildman–Crippen LogP) is 0.185. The molecule has 0 aromatic heterocycles. The molecule has 0 N–H and O–H groups in total. The van der Waals surface area contributed by atoms with E-state index in [0.29, 0.717) is 0 Å². The summed E-state index contributed by atoms with van der Waals surface area (Å²) in [6.45, 7) is 4.11. The van der Waals surface area contributed by atoms with E-state index in [-0.39, 0.29) is 6.42 Å². The van der Waals surface area contributed by atoms with Crippen molar-refractivity contribution >= 4 is 17.9 Å². The number of hydrogen-bond donors (Lipinski definition) is 0. The number of rotatable bonds is 3. The van der Waals surface area contributed by atoms with Gasteiger partial charge in [0.25, 0.3) is 0 Å². The normalized spacial score (nSPS) is 25.8. The third kappa shape index (κ3) is 3.22. The molecule has 90 valence electrons. The van der Waals surface area contributed by atoms with Crippen molar-refractivity contribution in [1.82, 2.24) is 0 Å². The molecule has 0 aliphatic carbocycles. The van der Waals surface area contributed by atoms with Crippen molar-refractivity contribution in [3.05, 3.63) is 0 Å². The molecule has 1 rings (SSSR count). The Morgan fingerprint density at radius 2 is 2.00 bits per heavy atom. The van der Waals surface area contributed by atoms with Crippen LogP contribution in [0.4, 0.5) is 0 Å². The van der Waals surface area contributed by atoms with Gasteiger partial charge < -0.3 is 14.2 Å². The van der Waals surface area contributed by atoms with E-state index in [1.165, 1.54) is 13.8 Å². The largest absolute Gasteiger partial charge is 0.459 e. The molecule has 0 aromatic rings. The minimum Gasteiger partial charge on any atom is -0.459 e. The van der Waals surface area contributed by atoms with Gasteiger partial charge in [-0.2, -0.15) is 0 Å². The second-order valence-electron chi connectivity index (χ2n) is 3.62. The van der Waals surface area contributed by atoms with Crippen LogP contribution in [-0.2, 0) is 28.6 Å². The molecule has 0 aromatic carbocycles. The molecule has 1 aliphatic heterocycles. The Labute approximate surface area is 92.8 Å². The van der Waals surface area contributed by atoms with Gasteiger partial charge in [-0.05, 0) is 6.92 Å². The molecule has 6 heteroatoms. The maximum Gasteiger partial charge on any atom is 0.348 e. The third-order valence-electron chi connectivity index (χ3n) is 2.16. The van der Waals surface area contributed by atoms with Crippen molar-refractivity contribution < 1.29 is 28.6 Å². The summed E-state index contributed by atoms with van der Waals surface area (Å²) in [5.41, 5.74) is 0. The van der Waals surface area contributed by atoms with Crippen molar-refractivity contribution in [2.75, 3.05) is 0 Å². The summed E-state index contributed by atoms with van der Waals surface area (Å²) in [7, 11) is 0. The van der Waals surface area contributed by atoms with Gasteiger partial charge in [-0.1, -0.05) is 0 Å². The first-order valence-corrected chi connectivity index (χ1v) is 4.95. The topological polar surface area (TPSA) is 78.9 Å².